The van der Waals surface area contributed by atoms with Crippen molar-refractivity contribution in [1.82, 2.24) is 9.78 Å². The maximum atomic E-state index is 12.0. The Kier molecular flexibility index (Phi) is 5.60. The van der Waals surface area contributed by atoms with Gasteiger partial charge in [-0.05, 0) is 55.0 Å². The van der Waals surface area contributed by atoms with Crippen LogP contribution in [0, 0.1) is 5.92 Å². The summed E-state index contributed by atoms with van der Waals surface area (Å²) in [5.74, 6) is 0.810. The molecule has 0 atom stereocenters. The van der Waals surface area contributed by atoms with Gasteiger partial charge in [-0.1, -0.05) is 0 Å². The highest BCUT2D eigenvalue weighted by Gasteiger charge is 2.20. The van der Waals surface area contributed by atoms with Crippen molar-refractivity contribution in [3.63, 3.8) is 0 Å². The zero-order valence-electron chi connectivity index (χ0n) is 12.1. The summed E-state index contributed by atoms with van der Waals surface area (Å²) in [7, 11) is 0. The van der Waals surface area contributed by atoms with E-state index in [1.54, 1.807) is 6.20 Å². The fourth-order valence-corrected chi connectivity index (χ4v) is 2.29. The zero-order valence-corrected chi connectivity index (χ0v) is 13.6. The van der Waals surface area contributed by atoms with Gasteiger partial charge in [0.25, 0.3) is 5.56 Å². The molecule has 0 saturated heterocycles. The third-order valence-electron chi connectivity index (χ3n) is 3.26. The maximum absolute atomic E-state index is 12.0. The predicted molar refractivity (Wildman–Crippen MR) is 83.2 cm³/mol. The average molecular weight is 344 g/mol. The minimum Gasteiger partial charge on any atom is -0.383 e. The molecule has 0 aliphatic heterocycles. The van der Waals surface area contributed by atoms with E-state index in [-0.39, 0.29) is 11.6 Å². The first-order chi connectivity index (χ1) is 9.59. The van der Waals surface area contributed by atoms with Crippen molar-refractivity contribution in [3.8, 4) is 0 Å². The number of anilines is 1. The van der Waals surface area contributed by atoms with E-state index in [4.69, 9.17) is 4.74 Å². The van der Waals surface area contributed by atoms with E-state index in [2.05, 4.69) is 26.3 Å². The lowest BCUT2D eigenvalue weighted by atomic mass is 10.3. The standard InChI is InChI=1S/C14H22BrN3O2/c1-10(2)18-14(19)13(15)12(8-17-18)16-6-3-7-20-9-11-4-5-11/h8,10-11,16H,3-7,9H2,1-2H3. The molecule has 0 spiro atoms. The first-order valence-electron chi connectivity index (χ1n) is 7.18. The van der Waals surface area contributed by atoms with Gasteiger partial charge in [0, 0.05) is 19.8 Å². The van der Waals surface area contributed by atoms with E-state index in [0.717, 1.165) is 37.8 Å². The van der Waals surface area contributed by atoms with Crippen LogP contribution >= 0.6 is 15.9 Å². The summed E-state index contributed by atoms with van der Waals surface area (Å²) < 4.78 is 7.57. The molecule has 1 aliphatic carbocycles. The van der Waals surface area contributed by atoms with Crippen molar-refractivity contribution in [3.05, 3.63) is 21.0 Å². The van der Waals surface area contributed by atoms with Crippen LogP contribution in [0.3, 0.4) is 0 Å². The van der Waals surface area contributed by atoms with Gasteiger partial charge >= 0.3 is 0 Å². The van der Waals surface area contributed by atoms with Gasteiger partial charge in [0.1, 0.15) is 4.47 Å². The third-order valence-corrected chi connectivity index (χ3v) is 4.03. The molecule has 6 heteroatoms. The zero-order chi connectivity index (χ0) is 14.5. The number of nitrogens with zero attached hydrogens (tertiary/aromatic N) is 2. The summed E-state index contributed by atoms with van der Waals surface area (Å²) in [5, 5.41) is 7.39. The summed E-state index contributed by atoms with van der Waals surface area (Å²) in [4.78, 5) is 12.0. The maximum Gasteiger partial charge on any atom is 0.283 e. The molecule has 20 heavy (non-hydrogen) atoms. The van der Waals surface area contributed by atoms with Gasteiger partial charge < -0.3 is 10.1 Å². The molecule has 1 heterocycles. The molecule has 1 fully saturated rings. The summed E-state index contributed by atoms with van der Waals surface area (Å²) in [6, 6.07) is 0.0590. The third kappa shape index (κ3) is 4.31. The van der Waals surface area contributed by atoms with Gasteiger partial charge in [0.05, 0.1) is 17.9 Å². The topological polar surface area (TPSA) is 56.1 Å². The lowest BCUT2D eigenvalue weighted by Crippen LogP contribution is -2.26. The number of aromatic nitrogens is 2. The van der Waals surface area contributed by atoms with Crippen molar-refractivity contribution >= 4 is 21.6 Å². The monoisotopic (exact) mass is 343 g/mol. The van der Waals surface area contributed by atoms with Gasteiger partial charge in [-0.3, -0.25) is 4.79 Å². The van der Waals surface area contributed by atoms with Gasteiger partial charge in [-0.25, -0.2) is 4.68 Å². The normalized spacial score (nSPS) is 14.8. The molecular weight excluding hydrogens is 322 g/mol. The molecule has 0 unspecified atom stereocenters. The van der Waals surface area contributed by atoms with Crippen LogP contribution < -0.4 is 10.9 Å². The quantitative estimate of drug-likeness (QED) is 0.737. The fourth-order valence-electron chi connectivity index (χ4n) is 1.87. The summed E-state index contributed by atoms with van der Waals surface area (Å²) in [6.07, 6.45) is 5.26. The highest BCUT2D eigenvalue weighted by atomic mass is 79.9. The van der Waals surface area contributed by atoms with Crippen molar-refractivity contribution in [2.45, 2.75) is 39.2 Å². The minimum atomic E-state index is -0.102. The number of hydrogen-bond acceptors (Lipinski definition) is 4. The van der Waals surface area contributed by atoms with Crippen LogP contribution in [-0.2, 0) is 4.74 Å². The van der Waals surface area contributed by atoms with Crippen LogP contribution in [0.2, 0.25) is 0 Å². The van der Waals surface area contributed by atoms with Gasteiger partial charge in [-0.15, -0.1) is 0 Å². The van der Waals surface area contributed by atoms with Gasteiger partial charge in [-0.2, -0.15) is 5.10 Å². The second-order valence-electron chi connectivity index (χ2n) is 5.51. The Bertz CT molecular complexity index is 498. The molecule has 0 radical (unpaired) electrons. The van der Waals surface area contributed by atoms with E-state index < -0.39 is 0 Å². The molecule has 112 valence electrons. The molecule has 1 aromatic heterocycles. The van der Waals surface area contributed by atoms with Crippen LogP contribution in [0.4, 0.5) is 5.69 Å². The first-order valence-corrected chi connectivity index (χ1v) is 7.98. The number of nitrogens with one attached hydrogen (secondary N) is 1. The lowest BCUT2D eigenvalue weighted by Gasteiger charge is -2.12. The van der Waals surface area contributed by atoms with Crippen molar-refractivity contribution in [1.29, 1.82) is 0 Å². The molecule has 1 aromatic rings. The fraction of sp³-hybridized carbons (Fsp3) is 0.714. The molecule has 5 nitrogen and oxygen atoms in total. The largest absolute Gasteiger partial charge is 0.383 e. The second kappa shape index (κ2) is 7.22. The van der Waals surface area contributed by atoms with Crippen LogP contribution in [0.5, 0.6) is 0 Å². The molecule has 1 N–H and O–H groups in total. The van der Waals surface area contributed by atoms with Crippen LogP contribution in [0.15, 0.2) is 15.5 Å². The van der Waals surface area contributed by atoms with E-state index in [1.165, 1.54) is 17.5 Å². The second-order valence-corrected chi connectivity index (χ2v) is 6.31. The molecule has 2 rings (SSSR count). The van der Waals surface area contributed by atoms with Gasteiger partial charge in [0.15, 0.2) is 0 Å². The molecule has 0 aromatic carbocycles. The van der Waals surface area contributed by atoms with Crippen LogP contribution in [-0.4, -0.2) is 29.5 Å². The Morgan fingerprint density at radius 2 is 2.30 bits per heavy atom. The Balaban J connectivity index is 1.77. The van der Waals surface area contributed by atoms with Gasteiger partial charge in [0.2, 0.25) is 0 Å². The van der Waals surface area contributed by atoms with E-state index in [1.807, 2.05) is 13.8 Å². The SMILES string of the molecule is CC(C)n1ncc(NCCCOCC2CC2)c(Br)c1=O. The van der Waals surface area contributed by atoms with Crippen molar-refractivity contribution in [2.24, 2.45) is 5.92 Å². The van der Waals surface area contributed by atoms with E-state index in [0.29, 0.717) is 4.47 Å². The molecule has 0 bridgehead atoms. The Morgan fingerprint density at radius 1 is 1.55 bits per heavy atom. The number of halogens is 1. The summed E-state index contributed by atoms with van der Waals surface area (Å²) in [5.41, 5.74) is 0.643. The minimum absolute atomic E-state index is 0.0590. The van der Waals surface area contributed by atoms with Crippen molar-refractivity contribution < 1.29 is 4.74 Å². The van der Waals surface area contributed by atoms with Crippen molar-refractivity contribution in [2.75, 3.05) is 25.1 Å². The summed E-state index contributed by atoms with van der Waals surface area (Å²) in [6.45, 7) is 6.31. The number of rotatable bonds is 8. The predicted octanol–water partition coefficient (Wildman–Crippen LogP) is 2.82. The van der Waals surface area contributed by atoms with E-state index in [9.17, 15) is 4.79 Å². The summed E-state index contributed by atoms with van der Waals surface area (Å²) >= 11 is 3.34. The average Bonchev–Trinajstić information content (AvgIpc) is 3.22. The van der Waals surface area contributed by atoms with Crippen LogP contribution in [0.25, 0.3) is 0 Å². The van der Waals surface area contributed by atoms with E-state index >= 15 is 0 Å². The Labute approximate surface area is 127 Å². The lowest BCUT2D eigenvalue weighted by molar-refractivity contribution is 0.124. The smallest absolute Gasteiger partial charge is 0.283 e. The number of ether oxygens (including phenoxy) is 1. The van der Waals surface area contributed by atoms with Crippen LogP contribution in [0.1, 0.15) is 39.2 Å². The number of hydrogen-bond donors (Lipinski definition) is 1. The molecule has 1 aliphatic rings. The Morgan fingerprint density at radius 3 is 2.95 bits per heavy atom. The molecule has 1 saturated carbocycles. The highest BCUT2D eigenvalue weighted by molar-refractivity contribution is 9.10. The first kappa shape index (κ1) is 15.5. The molecule has 0 amide bonds. The molecular formula is C14H22BrN3O2. The highest BCUT2D eigenvalue weighted by Crippen LogP contribution is 2.28. The Hall–Kier alpha value is -0.880.